The summed E-state index contributed by atoms with van der Waals surface area (Å²) >= 11 is 0. The monoisotopic (exact) mass is 227 g/mol. The summed E-state index contributed by atoms with van der Waals surface area (Å²) in [6, 6.07) is 0. The quantitative estimate of drug-likeness (QED) is 0.801. The van der Waals surface area contributed by atoms with Crippen molar-refractivity contribution in [2.75, 3.05) is 13.7 Å². The minimum absolute atomic E-state index is 0.0122. The summed E-state index contributed by atoms with van der Waals surface area (Å²) < 4.78 is 5.16. The van der Waals surface area contributed by atoms with Gasteiger partial charge in [-0.25, -0.2) is 0 Å². The molecule has 1 rings (SSSR count). The van der Waals surface area contributed by atoms with E-state index in [0.717, 1.165) is 6.54 Å². The van der Waals surface area contributed by atoms with Crippen LogP contribution in [0.4, 0.5) is 0 Å². The number of amides is 1. The second kappa shape index (κ2) is 5.17. The Morgan fingerprint density at radius 1 is 1.31 bits per heavy atom. The maximum atomic E-state index is 11.8. The number of nitrogens with one attached hydrogen (secondary N) is 1. The zero-order valence-electron chi connectivity index (χ0n) is 11.1. The van der Waals surface area contributed by atoms with Crippen molar-refractivity contribution in [3.8, 4) is 0 Å². The first kappa shape index (κ1) is 13.5. The van der Waals surface area contributed by atoms with E-state index >= 15 is 0 Å². The average Bonchev–Trinajstić information content (AvgIpc) is 2.27. The van der Waals surface area contributed by atoms with Crippen LogP contribution in [-0.4, -0.2) is 25.2 Å². The number of ether oxygens (including phenoxy) is 1. The van der Waals surface area contributed by atoms with Gasteiger partial charge in [-0.3, -0.25) is 4.79 Å². The van der Waals surface area contributed by atoms with Gasteiger partial charge in [-0.15, -0.1) is 0 Å². The van der Waals surface area contributed by atoms with Gasteiger partial charge in [0.15, 0.2) is 0 Å². The molecule has 0 aromatic heterocycles. The molecule has 1 aliphatic rings. The largest absolute Gasteiger partial charge is 0.369 e. The zero-order chi connectivity index (χ0) is 12.2. The highest BCUT2D eigenvalue weighted by atomic mass is 16.5. The molecule has 1 aliphatic carbocycles. The summed E-state index contributed by atoms with van der Waals surface area (Å²) in [5.41, 5.74) is -0.428. The second-order valence-corrected chi connectivity index (χ2v) is 5.77. The van der Waals surface area contributed by atoms with Gasteiger partial charge in [0.1, 0.15) is 5.60 Å². The van der Waals surface area contributed by atoms with Gasteiger partial charge in [0.25, 0.3) is 5.91 Å². The van der Waals surface area contributed by atoms with Crippen molar-refractivity contribution >= 4 is 5.91 Å². The summed E-state index contributed by atoms with van der Waals surface area (Å²) in [5, 5.41) is 3.02. The number of carbonyl (C=O) groups is 1. The van der Waals surface area contributed by atoms with E-state index < -0.39 is 5.60 Å². The lowest BCUT2D eigenvalue weighted by Gasteiger charge is -2.34. The van der Waals surface area contributed by atoms with Gasteiger partial charge in [0.05, 0.1) is 0 Å². The molecule has 0 spiro atoms. The van der Waals surface area contributed by atoms with Crippen molar-refractivity contribution in [3.63, 3.8) is 0 Å². The summed E-state index contributed by atoms with van der Waals surface area (Å²) in [5.74, 6) is -0.0122. The third-order valence-corrected chi connectivity index (χ3v) is 3.79. The molecule has 0 aromatic carbocycles. The Balaban J connectivity index is 2.41. The number of hydrogen-bond donors (Lipinski definition) is 1. The molecule has 0 heterocycles. The molecule has 0 saturated heterocycles. The first-order valence-corrected chi connectivity index (χ1v) is 6.23. The predicted molar refractivity (Wildman–Crippen MR) is 65.3 cm³/mol. The fourth-order valence-electron chi connectivity index (χ4n) is 2.18. The number of hydrogen-bond acceptors (Lipinski definition) is 2. The highest BCUT2D eigenvalue weighted by Gasteiger charge is 2.31. The lowest BCUT2D eigenvalue weighted by Crippen LogP contribution is -2.47. The van der Waals surface area contributed by atoms with E-state index in [-0.39, 0.29) is 11.3 Å². The van der Waals surface area contributed by atoms with Crippen LogP contribution >= 0.6 is 0 Å². The van der Waals surface area contributed by atoms with E-state index in [0.29, 0.717) is 0 Å². The zero-order valence-corrected chi connectivity index (χ0v) is 11.1. The van der Waals surface area contributed by atoms with E-state index in [1.54, 1.807) is 21.0 Å². The Labute approximate surface area is 98.9 Å². The number of rotatable bonds is 4. The minimum atomic E-state index is -0.717. The van der Waals surface area contributed by atoms with Gasteiger partial charge < -0.3 is 10.1 Å². The summed E-state index contributed by atoms with van der Waals surface area (Å²) in [6.07, 6.45) is 6.37. The van der Waals surface area contributed by atoms with Crippen LogP contribution in [0.3, 0.4) is 0 Å². The molecule has 0 aliphatic heterocycles. The van der Waals surface area contributed by atoms with Crippen molar-refractivity contribution in [2.24, 2.45) is 5.41 Å². The Kier molecular flexibility index (Phi) is 4.36. The summed E-state index contributed by atoms with van der Waals surface area (Å²) in [4.78, 5) is 11.8. The lowest BCUT2D eigenvalue weighted by atomic mass is 9.75. The maximum absolute atomic E-state index is 11.8. The molecule has 3 nitrogen and oxygen atoms in total. The van der Waals surface area contributed by atoms with Crippen molar-refractivity contribution < 1.29 is 9.53 Å². The molecular weight excluding hydrogens is 202 g/mol. The van der Waals surface area contributed by atoms with E-state index in [1.807, 2.05) is 0 Å². The topological polar surface area (TPSA) is 38.3 Å². The predicted octanol–water partition coefficient (Wildman–Crippen LogP) is 2.50. The van der Waals surface area contributed by atoms with Crippen LogP contribution in [-0.2, 0) is 9.53 Å². The van der Waals surface area contributed by atoms with Gasteiger partial charge in [0, 0.05) is 13.7 Å². The highest BCUT2D eigenvalue weighted by molar-refractivity contribution is 5.84. The fraction of sp³-hybridized carbons (Fsp3) is 0.923. The average molecular weight is 227 g/mol. The van der Waals surface area contributed by atoms with E-state index in [4.69, 9.17) is 4.74 Å². The van der Waals surface area contributed by atoms with Crippen LogP contribution in [0.2, 0.25) is 0 Å². The van der Waals surface area contributed by atoms with Gasteiger partial charge in [0.2, 0.25) is 0 Å². The Morgan fingerprint density at radius 2 is 1.88 bits per heavy atom. The molecule has 94 valence electrons. The van der Waals surface area contributed by atoms with Crippen LogP contribution in [0.1, 0.15) is 52.9 Å². The third-order valence-electron chi connectivity index (χ3n) is 3.79. The molecule has 0 atom stereocenters. The number of methoxy groups -OCH3 is 1. The fourth-order valence-corrected chi connectivity index (χ4v) is 2.18. The third kappa shape index (κ3) is 3.48. The van der Waals surface area contributed by atoms with Gasteiger partial charge in [-0.1, -0.05) is 26.2 Å². The lowest BCUT2D eigenvalue weighted by molar-refractivity contribution is -0.140. The van der Waals surface area contributed by atoms with Crippen molar-refractivity contribution in [1.82, 2.24) is 5.32 Å². The van der Waals surface area contributed by atoms with Crippen molar-refractivity contribution in [1.29, 1.82) is 0 Å². The molecule has 0 unspecified atom stereocenters. The van der Waals surface area contributed by atoms with Gasteiger partial charge in [-0.2, -0.15) is 0 Å². The molecule has 0 aromatic rings. The first-order valence-electron chi connectivity index (χ1n) is 6.23. The van der Waals surface area contributed by atoms with E-state index in [9.17, 15) is 4.79 Å². The highest BCUT2D eigenvalue weighted by Crippen LogP contribution is 2.35. The molecular formula is C13H25NO2. The van der Waals surface area contributed by atoms with Crippen molar-refractivity contribution in [3.05, 3.63) is 0 Å². The van der Waals surface area contributed by atoms with Crippen LogP contribution in [0.15, 0.2) is 0 Å². The van der Waals surface area contributed by atoms with E-state index in [1.165, 1.54) is 32.1 Å². The SMILES string of the molecule is COC(C)(C)C(=O)NCC1(C)CCCCC1. The van der Waals surface area contributed by atoms with Crippen LogP contribution in [0, 0.1) is 5.41 Å². The summed E-state index contributed by atoms with van der Waals surface area (Å²) in [7, 11) is 1.57. The normalized spacial score (nSPS) is 20.5. The Bertz CT molecular complexity index is 242. The van der Waals surface area contributed by atoms with Crippen LogP contribution in [0.5, 0.6) is 0 Å². The Hall–Kier alpha value is -0.570. The molecule has 1 amide bonds. The molecule has 1 fully saturated rings. The van der Waals surface area contributed by atoms with E-state index in [2.05, 4.69) is 12.2 Å². The Morgan fingerprint density at radius 3 is 2.38 bits per heavy atom. The molecule has 16 heavy (non-hydrogen) atoms. The minimum Gasteiger partial charge on any atom is -0.369 e. The maximum Gasteiger partial charge on any atom is 0.251 e. The van der Waals surface area contributed by atoms with Crippen LogP contribution < -0.4 is 5.32 Å². The van der Waals surface area contributed by atoms with Gasteiger partial charge in [-0.05, 0) is 32.1 Å². The molecule has 3 heteroatoms. The van der Waals surface area contributed by atoms with Crippen LogP contribution in [0.25, 0.3) is 0 Å². The molecule has 1 saturated carbocycles. The van der Waals surface area contributed by atoms with Gasteiger partial charge >= 0.3 is 0 Å². The van der Waals surface area contributed by atoms with Crippen molar-refractivity contribution in [2.45, 2.75) is 58.5 Å². The standard InChI is InChI=1S/C13H25NO2/c1-12(2,16-4)11(15)14-10-13(3)8-6-5-7-9-13/h5-10H2,1-4H3,(H,14,15). The molecule has 0 radical (unpaired) electrons. The second-order valence-electron chi connectivity index (χ2n) is 5.77. The smallest absolute Gasteiger partial charge is 0.251 e. The number of carbonyl (C=O) groups excluding carboxylic acids is 1. The molecule has 1 N–H and O–H groups in total. The molecule has 0 bridgehead atoms. The first-order chi connectivity index (χ1) is 7.40. The summed E-state index contributed by atoms with van der Waals surface area (Å²) in [6.45, 7) is 6.64.